The fraction of sp³-hybridized carbons (Fsp3) is 0.571. The first-order valence-corrected chi connectivity index (χ1v) is 7.11. The molecule has 0 saturated heterocycles. The van der Waals surface area contributed by atoms with Crippen molar-refractivity contribution in [1.82, 2.24) is 0 Å². The van der Waals surface area contributed by atoms with E-state index < -0.39 is 6.10 Å². The van der Waals surface area contributed by atoms with Crippen molar-refractivity contribution >= 4 is 21.6 Å². The largest absolute Gasteiger partial charge is 0.389 e. The zero-order valence-corrected chi connectivity index (χ0v) is 12.5. The fourth-order valence-electron chi connectivity index (χ4n) is 1.95. The summed E-state index contributed by atoms with van der Waals surface area (Å²) in [5.41, 5.74) is 2.15. The van der Waals surface area contributed by atoms with E-state index in [-0.39, 0.29) is 0 Å². The predicted molar refractivity (Wildman–Crippen MR) is 77.6 cm³/mol. The number of aliphatic hydroxyl groups is 1. The van der Waals surface area contributed by atoms with Crippen molar-refractivity contribution < 1.29 is 5.11 Å². The van der Waals surface area contributed by atoms with Gasteiger partial charge in [-0.1, -0.05) is 29.3 Å². The molecule has 0 aromatic heterocycles. The highest BCUT2D eigenvalue weighted by atomic mass is 79.9. The first-order chi connectivity index (χ1) is 8.10. The Balaban J connectivity index is 3.00. The van der Waals surface area contributed by atoms with Gasteiger partial charge in [0.15, 0.2) is 0 Å². The van der Waals surface area contributed by atoms with Crippen LogP contribution < -0.4 is 4.90 Å². The molecule has 0 bridgehead atoms. The van der Waals surface area contributed by atoms with Crippen molar-refractivity contribution in [2.75, 3.05) is 18.0 Å². The third kappa shape index (κ3) is 4.00. The Morgan fingerprint density at radius 2 is 2.06 bits per heavy atom. The highest BCUT2D eigenvalue weighted by Crippen LogP contribution is 2.29. The van der Waals surface area contributed by atoms with Gasteiger partial charge in [-0.3, -0.25) is 0 Å². The van der Waals surface area contributed by atoms with Crippen molar-refractivity contribution in [2.45, 2.75) is 39.7 Å². The number of hydrogen-bond donors (Lipinski definition) is 1. The molecule has 1 aromatic carbocycles. The van der Waals surface area contributed by atoms with Gasteiger partial charge in [0, 0.05) is 28.8 Å². The summed E-state index contributed by atoms with van der Waals surface area (Å²) in [6.45, 7) is 8.20. The lowest BCUT2D eigenvalue weighted by Gasteiger charge is -2.26. The number of aliphatic hydroxyl groups excluding tert-OH is 1. The molecule has 96 valence electrons. The average molecular weight is 300 g/mol. The van der Waals surface area contributed by atoms with Gasteiger partial charge < -0.3 is 10.0 Å². The average Bonchev–Trinajstić information content (AvgIpc) is 2.31. The number of hydrogen-bond acceptors (Lipinski definition) is 2. The molecule has 0 saturated carbocycles. The van der Waals surface area contributed by atoms with Gasteiger partial charge in [-0.2, -0.15) is 0 Å². The molecule has 1 unspecified atom stereocenters. The van der Waals surface area contributed by atoms with E-state index in [0.717, 1.165) is 28.8 Å². The summed E-state index contributed by atoms with van der Waals surface area (Å²) in [7, 11) is 0. The highest BCUT2D eigenvalue weighted by molar-refractivity contribution is 9.10. The van der Waals surface area contributed by atoms with Crippen LogP contribution in [0.4, 0.5) is 5.69 Å². The molecule has 2 nitrogen and oxygen atoms in total. The van der Waals surface area contributed by atoms with Crippen LogP contribution >= 0.6 is 15.9 Å². The molecular formula is C14H22BrNO. The van der Waals surface area contributed by atoms with Gasteiger partial charge in [0.2, 0.25) is 0 Å². The Hall–Kier alpha value is -0.540. The van der Waals surface area contributed by atoms with Gasteiger partial charge in [-0.25, -0.2) is 0 Å². The molecule has 1 atom stereocenters. The highest BCUT2D eigenvalue weighted by Gasteiger charge is 2.13. The summed E-state index contributed by atoms with van der Waals surface area (Å²) in [6, 6.07) is 6.13. The monoisotopic (exact) mass is 299 g/mol. The van der Waals surface area contributed by atoms with E-state index in [2.05, 4.69) is 40.7 Å². The SMILES string of the molecule is CCCCN(CC)c1ccc(Br)cc1C(C)O. The fourth-order valence-corrected chi connectivity index (χ4v) is 2.32. The molecule has 0 spiro atoms. The second-order valence-corrected chi connectivity index (χ2v) is 5.23. The maximum Gasteiger partial charge on any atom is 0.0782 e. The van der Waals surface area contributed by atoms with E-state index in [4.69, 9.17) is 0 Å². The van der Waals surface area contributed by atoms with Crippen LogP contribution in [0.1, 0.15) is 45.3 Å². The minimum absolute atomic E-state index is 0.432. The van der Waals surface area contributed by atoms with Crippen LogP contribution in [-0.4, -0.2) is 18.2 Å². The molecular weight excluding hydrogens is 278 g/mol. The molecule has 0 aliphatic heterocycles. The van der Waals surface area contributed by atoms with Gasteiger partial charge in [0.25, 0.3) is 0 Å². The summed E-state index contributed by atoms with van der Waals surface area (Å²) in [4.78, 5) is 2.33. The van der Waals surface area contributed by atoms with E-state index >= 15 is 0 Å². The van der Waals surface area contributed by atoms with Gasteiger partial charge in [0.1, 0.15) is 0 Å². The Labute approximate surface area is 113 Å². The molecule has 3 heteroatoms. The maximum absolute atomic E-state index is 9.85. The number of benzene rings is 1. The summed E-state index contributed by atoms with van der Waals surface area (Å²) in [5.74, 6) is 0. The molecule has 1 rings (SSSR count). The number of rotatable bonds is 6. The minimum Gasteiger partial charge on any atom is -0.389 e. The van der Waals surface area contributed by atoms with Crippen molar-refractivity contribution in [3.05, 3.63) is 28.2 Å². The molecule has 0 heterocycles. The molecule has 0 radical (unpaired) electrons. The number of nitrogens with zero attached hydrogens (tertiary/aromatic N) is 1. The Morgan fingerprint density at radius 1 is 1.35 bits per heavy atom. The summed E-state index contributed by atoms with van der Waals surface area (Å²) in [6.07, 6.45) is 1.94. The van der Waals surface area contributed by atoms with Crippen molar-refractivity contribution in [3.63, 3.8) is 0 Å². The molecule has 17 heavy (non-hydrogen) atoms. The van der Waals surface area contributed by atoms with E-state index in [1.807, 2.05) is 19.1 Å². The molecule has 0 aliphatic carbocycles. The quantitative estimate of drug-likeness (QED) is 0.854. The number of halogens is 1. The Kier molecular flexibility index (Phi) is 6.00. The number of anilines is 1. The Bertz CT molecular complexity index is 352. The summed E-state index contributed by atoms with van der Waals surface area (Å²) < 4.78 is 1.02. The smallest absolute Gasteiger partial charge is 0.0782 e. The maximum atomic E-state index is 9.85. The first kappa shape index (κ1) is 14.5. The van der Waals surface area contributed by atoms with Gasteiger partial charge in [0.05, 0.1) is 6.10 Å². The third-order valence-corrected chi connectivity index (χ3v) is 3.44. The second kappa shape index (κ2) is 7.02. The lowest BCUT2D eigenvalue weighted by molar-refractivity contribution is 0.199. The van der Waals surface area contributed by atoms with E-state index in [1.165, 1.54) is 12.8 Å². The van der Waals surface area contributed by atoms with E-state index in [1.54, 1.807) is 0 Å². The van der Waals surface area contributed by atoms with Gasteiger partial charge in [-0.05, 0) is 38.5 Å². The Morgan fingerprint density at radius 3 is 2.59 bits per heavy atom. The van der Waals surface area contributed by atoms with Crippen molar-refractivity contribution in [2.24, 2.45) is 0 Å². The first-order valence-electron chi connectivity index (χ1n) is 6.32. The predicted octanol–water partition coefficient (Wildman–Crippen LogP) is 4.13. The van der Waals surface area contributed by atoms with E-state index in [9.17, 15) is 5.11 Å². The summed E-state index contributed by atoms with van der Waals surface area (Å²) in [5, 5.41) is 9.85. The third-order valence-electron chi connectivity index (χ3n) is 2.94. The standard InChI is InChI=1S/C14H22BrNO/c1-4-6-9-16(5-2)14-8-7-12(15)10-13(14)11(3)17/h7-8,10-11,17H,4-6,9H2,1-3H3. The zero-order valence-electron chi connectivity index (χ0n) is 10.9. The molecule has 0 aliphatic rings. The van der Waals surface area contributed by atoms with Crippen LogP contribution in [0.5, 0.6) is 0 Å². The normalized spacial score (nSPS) is 12.5. The van der Waals surface area contributed by atoms with Crippen LogP contribution in [-0.2, 0) is 0 Å². The van der Waals surface area contributed by atoms with Crippen LogP contribution in [0, 0.1) is 0 Å². The van der Waals surface area contributed by atoms with Gasteiger partial charge in [-0.15, -0.1) is 0 Å². The van der Waals surface area contributed by atoms with Crippen LogP contribution in [0.15, 0.2) is 22.7 Å². The lowest BCUT2D eigenvalue weighted by Crippen LogP contribution is -2.25. The van der Waals surface area contributed by atoms with Crippen LogP contribution in [0.3, 0.4) is 0 Å². The minimum atomic E-state index is -0.432. The lowest BCUT2D eigenvalue weighted by atomic mass is 10.1. The molecule has 0 fully saturated rings. The molecule has 0 amide bonds. The molecule has 1 N–H and O–H groups in total. The van der Waals surface area contributed by atoms with Gasteiger partial charge >= 0.3 is 0 Å². The number of unbranched alkanes of at least 4 members (excludes halogenated alkanes) is 1. The molecule has 1 aromatic rings. The zero-order chi connectivity index (χ0) is 12.8. The van der Waals surface area contributed by atoms with E-state index in [0.29, 0.717) is 0 Å². The topological polar surface area (TPSA) is 23.5 Å². The summed E-state index contributed by atoms with van der Waals surface area (Å²) >= 11 is 3.46. The van der Waals surface area contributed by atoms with Crippen LogP contribution in [0.25, 0.3) is 0 Å². The van der Waals surface area contributed by atoms with Crippen LogP contribution in [0.2, 0.25) is 0 Å². The van der Waals surface area contributed by atoms with Crippen molar-refractivity contribution in [1.29, 1.82) is 0 Å². The second-order valence-electron chi connectivity index (χ2n) is 4.31. The van der Waals surface area contributed by atoms with Crippen molar-refractivity contribution in [3.8, 4) is 0 Å².